The van der Waals surface area contributed by atoms with E-state index >= 15 is 0 Å². The van der Waals surface area contributed by atoms with Crippen molar-refractivity contribution in [1.82, 2.24) is 14.5 Å². The molecule has 0 atom stereocenters. The maximum atomic E-state index is 4.22. The van der Waals surface area contributed by atoms with Crippen molar-refractivity contribution >= 4 is 15.9 Å². The van der Waals surface area contributed by atoms with Crippen molar-refractivity contribution in [2.24, 2.45) is 0 Å². The minimum atomic E-state index is 1.04. The normalized spacial score (nSPS) is 11.2. The van der Waals surface area contributed by atoms with Crippen molar-refractivity contribution in [3.8, 4) is 0 Å². The van der Waals surface area contributed by atoms with Gasteiger partial charge in [-0.05, 0) is 26.4 Å². The molecule has 15 heavy (non-hydrogen) atoms. The predicted molar refractivity (Wildman–Crippen MR) is 67.5 cm³/mol. The van der Waals surface area contributed by atoms with E-state index in [9.17, 15) is 0 Å². The largest absolute Gasteiger partial charge is 0.334 e. The van der Waals surface area contributed by atoms with Gasteiger partial charge in [0.1, 0.15) is 5.82 Å². The van der Waals surface area contributed by atoms with E-state index in [0.717, 1.165) is 30.8 Å². The molecule has 0 aliphatic carbocycles. The van der Waals surface area contributed by atoms with Crippen LogP contribution < -0.4 is 0 Å². The standard InChI is InChI=1S/C11H20BrN3/c1-3-14(7-4-5-12)9-10-15-8-6-13-11(15)2/h6,8H,3-5,7,9-10H2,1-2H3. The van der Waals surface area contributed by atoms with Crippen molar-refractivity contribution in [2.45, 2.75) is 26.8 Å². The molecular formula is C11H20BrN3. The average Bonchev–Trinajstić information content (AvgIpc) is 2.65. The van der Waals surface area contributed by atoms with Crippen LogP contribution in [0.2, 0.25) is 0 Å². The van der Waals surface area contributed by atoms with Crippen molar-refractivity contribution in [3.05, 3.63) is 18.2 Å². The molecule has 0 spiro atoms. The first-order chi connectivity index (χ1) is 7.27. The van der Waals surface area contributed by atoms with Crippen LogP contribution in [0.3, 0.4) is 0 Å². The number of likely N-dealkylation sites (N-methyl/N-ethyl adjacent to an activating group) is 1. The summed E-state index contributed by atoms with van der Waals surface area (Å²) in [6.45, 7) is 8.72. The van der Waals surface area contributed by atoms with Crippen molar-refractivity contribution in [1.29, 1.82) is 0 Å². The summed E-state index contributed by atoms with van der Waals surface area (Å²) in [6.07, 6.45) is 5.13. The SMILES string of the molecule is CCN(CCCBr)CCn1ccnc1C. The number of alkyl halides is 1. The molecule has 0 radical (unpaired) electrons. The summed E-state index contributed by atoms with van der Waals surface area (Å²) in [4.78, 5) is 6.69. The molecular weight excluding hydrogens is 254 g/mol. The van der Waals surface area contributed by atoms with Crippen molar-refractivity contribution < 1.29 is 0 Å². The zero-order chi connectivity index (χ0) is 11.1. The molecule has 0 saturated heterocycles. The Bertz CT molecular complexity index is 273. The Morgan fingerprint density at radius 3 is 2.80 bits per heavy atom. The lowest BCUT2D eigenvalue weighted by Crippen LogP contribution is -2.28. The van der Waals surface area contributed by atoms with Crippen LogP contribution in [0.15, 0.2) is 12.4 Å². The summed E-state index contributed by atoms with van der Waals surface area (Å²) in [6, 6.07) is 0. The molecule has 86 valence electrons. The third-order valence-corrected chi connectivity index (χ3v) is 3.20. The van der Waals surface area contributed by atoms with Gasteiger partial charge in [0.2, 0.25) is 0 Å². The maximum Gasteiger partial charge on any atom is 0.105 e. The Balaban J connectivity index is 2.31. The van der Waals surface area contributed by atoms with Gasteiger partial charge in [-0.1, -0.05) is 22.9 Å². The number of aromatic nitrogens is 2. The second kappa shape index (κ2) is 7.01. The van der Waals surface area contributed by atoms with Crippen molar-refractivity contribution in [2.75, 3.05) is 25.0 Å². The second-order valence-electron chi connectivity index (χ2n) is 3.64. The molecule has 0 amide bonds. The third-order valence-electron chi connectivity index (χ3n) is 2.64. The molecule has 1 aromatic heterocycles. The zero-order valence-corrected chi connectivity index (χ0v) is 11.2. The van der Waals surface area contributed by atoms with Crippen LogP contribution in [0.1, 0.15) is 19.2 Å². The van der Waals surface area contributed by atoms with Gasteiger partial charge in [0.05, 0.1) is 0 Å². The van der Waals surface area contributed by atoms with E-state index in [2.05, 4.69) is 44.2 Å². The highest BCUT2D eigenvalue weighted by atomic mass is 79.9. The van der Waals surface area contributed by atoms with Gasteiger partial charge in [-0.2, -0.15) is 0 Å². The number of halogens is 1. The minimum absolute atomic E-state index is 1.04. The Morgan fingerprint density at radius 2 is 2.27 bits per heavy atom. The van der Waals surface area contributed by atoms with E-state index < -0.39 is 0 Å². The fourth-order valence-electron chi connectivity index (χ4n) is 1.60. The van der Waals surface area contributed by atoms with Crippen LogP contribution in [0.5, 0.6) is 0 Å². The molecule has 0 aromatic carbocycles. The van der Waals surface area contributed by atoms with Crippen LogP contribution in [0.4, 0.5) is 0 Å². The van der Waals surface area contributed by atoms with Crippen LogP contribution in [-0.4, -0.2) is 39.4 Å². The molecule has 0 fully saturated rings. The Hall–Kier alpha value is -0.350. The molecule has 0 bridgehead atoms. The van der Waals surface area contributed by atoms with Crippen molar-refractivity contribution in [3.63, 3.8) is 0 Å². The highest BCUT2D eigenvalue weighted by molar-refractivity contribution is 9.09. The van der Waals surface area contributed by atoms with Crippen LogP contribution in [-0.2, 0) is 6.54 Å². The molecule has 4 heteroatoms. The highest BCUT2D eigenvalue weighted by Crippen LogP contribution is 1.99. The number of imidazole rings is 1. The summed E-state index contributed by atoms with van der Waals surface area (Å²) in [5, 5.41) is 1.09. The summed E-state index contributed by atoms with van der Waals surface area (Å²) in [5.41, 5.74) is 0. The first kappa shape index (κ1) is 12.7. The Morgan fingerprint density at radius 1 is 1.47 bits per heavy atom. The number of hydrogen-bond acceptors (Lipinski definition) is 2. The molecule has 1 aromatic rings. The predicted octanol–water partition coefficient (Wildman–Crippen LogP) is 2.30. The van der Waals surface area contributed by atoms with Crippen LogP contribution in [0, 0.1) is 6.92 Å². The quantitative estimate of drug-likeness (QED) is 0.711. The Kier molecular flexibility index (Phi) is 5.95. The van der Waals surface area contributed by atoms with E-state index in [1.165, 1.54) is 13.0 Å². The first-order valence-corrected chi connectivity index (χ1v) is 6.66. The molecule has 0 unspecified atom stereocenters. The lowest BCUT2D eigenvalue weighted by molar-refractivity contribution is 0.277. The number of rotatable bonds is 7. The zero-order valence-electron chi connectivity index (χ0n) is 9.62. The molecule has 0 aliphatic heterocycles. The van der Waals surface area contributed by atoms with Gasteiger partial charge in [0.25, 0.3) is 0 Å². The van der Waals surface area contributed by atoms with Gasteiger partial charge in [0.15, 0.2) is 0 Å². The van der Waals surface area contributed by atoms with Gasteiger partial charge in [-0.15, -0.1) is 0 Å². The third kappa shape index (κ3) is 4.34. The topological polar surface area (TPSA) is 21.1 Å². The average molecular weight is 274 g/mol. The van der Waals surface area contributed by atoms with Gasteiger partial charge in [-0.25, -0.2) is 4.98 Å². The first-order valence-electron chi connectivity index (χ1n) is 5.54. The van der Waals surface area contributed by atoms with E-state index in [0.29, 0.717) is 0 Å². The molecule has 1 heterocycles. The molecule has 1 rings (SSSR count). The molecule has 0 saturated carbocycles. The Labute approximate surface area is 101 Å². The van der Waals surface area contributed by atoms with Crippen LogP contribution in [0.25, 0.3) is 0 Å². The van der Waals surface area contributed by atoms with Gasteiger partial charge in [-0.3, -0.25) is 0 Å². The smallest absolute Gasteiger partial charge is 0.105 e. The minimum Gasteiger partial charge on any atom is -0.334 e. The van der Waals surface area contributed by atoms with E-state index in [-0.39, 0.29) is 0 Å². The second-order valence-corrected chi connectivity index (χ2v) is 4.44. The van der Waals surface area contributed by atoms with Gasteiger partial charge < -0.3 is 9.47 Å². The fraction of sp³-hybridized carbons (Fsp3) is 0.727. The van der Waals surface area contributed by atoms with E-state index in [1.54, 1.807) is 0 Å². The monoisotopic (exact) mass is 273 g/mol. The number of nitrogens with zero attached hydrogens (tertiary/aromatic N) is 3. The van der Waals surface area contributed by atoms with Gasteiger partial charge in [0, 0.05) is 30.8 Å². The van der Waals surface area contributed by atoms with E-state index in [1.807, 2.05) is 12.4 Å². The molecule has 0 N–H and O–H groups in total. The van der Waals surface area contributed by atoms with E-state index in [4.69, 9.17) is 0 Å². The van der Waals surface area contributed by atoms with Crippen LogP contribution >= 0.6 is 15.9 Å². The number of aryl methyl sites for hydroxylation is 1. The fourth-order valence-corrected chi connectivity index (χ4v) is 1.85. The lowest BCUT2D eigenvalue weighted by atomic mass is 10.4. The summed E-state index contributed by atoms with van der Waals surface area (Å²) in [7, 11) is 0. The lowest BCUT2D eigenvalue weighted by Gasteiger charge is -2.20. The summed E-state index contributed by atoms with van der Waals surface area (Å²) < 4.78 is 2.21. The summed E-state index contributed by atoms with van der Waals surface area (Å²) in [5.74, 6) is 1.10. The highest BCUT2D eigenvalue weighted by Gasteiger charge is 2.02. The van der Waals surface area contributed by atoms with Gasteiger partial charge >= 0.3 is 0 Å². The number of hydrogen-bond donors (Lipinski definition) is 0. The molecule has 0 aliphatic rings. The molecule has 3 nitrogen and oxygen atoms in total. The summed E-state index contributed by atoms with van der Waals surface area (Å²) >= 11 is 3.47. The maximum absolute atomic E-state index is 4.22.